The van der Waals surface area contributed by atoms with Crippen LogP contribution in [0.3, 0.4) is 0 Å². The van der Waals surface area contributed by atoms with Crippen LogP contribution in [0.4, 0.5) is 0 Å². The number of ether oxygens (including phenoxy) is 1. The smallest absolute Gasteiger partial charge is 0.131 e. The third kappa shape index (κ3) is 2.70. The first-order valence-corrected chi connectivity index (χ1v) is 6.19. The summed E-state index contributed by atoms with van der Waals surface area (Å²) in [5.41, 5.74) is 7.17. The van der Waals surface area contributed by atoms with Gasteiger partial charge >= 0.3 is 0 Å². The fraction of sp³-hybridized carbons (Fsp3) is 0.0714. The second-order valence-electron chi connectivity index (χ2n) is 3.67. The third-order valence-electron chi connectivity index (χ3n) is 2.48. The summed E-state index contributed by atoms with van der Waals surface area (Å²) < 4.78 is 6.48. The van der Waals surface area contributed by atoms with Gasteiger partial charge in [-0.15, -0.1) is 0 Å². The van der Waals surface area contributed by atoms with Gasteiger partial charge < -0.3 is 10.5 Å². The van der Waals surface area contributed by atoms with E-state index in [-0.39, 0.29) is 0 Å². The van der Waals surface area contributed by atoms with Gasteiger partial charge in [-0.1, -0.05) is 18.2 Å². The molecule has 0 unspecified atom stereocenters. The maximum absolute atomic E-state index is 8.84. The van der Waals surface area contributed by atoms with Crippen LogP contribution in [0.25, 0.3) is 0 Å². The molecule has 0 aliphatic rings. The normalized spacial score (nSPS) is 9.83. The van der Waals surface area contributed by atoms with E-state index in [4.69, 9.17) is 15.7 Å². The highest BCUT2D eigenvalue weighted by atomic mass is 79.9. The Labute approximate surface area is 114 Å². The second kappa shape index (κ2) is 5.67. The molecule has 0 aliphatic carbocycles. The van der Waals surface area contributed by atoms with Crippen LogP contribution in [0.15, 0.2) is 46.9 Å². The maximum atomic E-state index is 8.84. The van der Waals surface area contributed by atoms with Gasteiger partial charge in [-0.3, -0.25) is 0 Å². The average Bonchev–Trinajstić information content (AvgIpc) is 2.39. The Morgan fingerprint density at radius 1 is 1.22 bits per heavy atom. The molecule has 0 radical (unpaired) electrons. The highest BCUT2D eigenvalue weighted by Crippen LogP contribution is 2.28. The van der Waals surface area contributed by atoms with E-state index >= 15 is 0 Å². The second-order valence-corrected chi connectivity index (χ2v) is 4.52. The number of nitriles is 1. The quantitative estimate of drug-likeness (QED) is 0.943. The van der Waals surface area contributed by atoms with Gasteiger partial charge in [0.1, 0.15) is 17.6 Å². The first-order chi connectivity index (χ1) is 8.74. The van der Waals surface area contributed by atoms with Crippen molar-refractivity contribution in [2.75, 3.05) is 0 Å². The van der Waals surface area contributed by atoms with Crippen molar-refractivity contribution in [3.8, 4) is 17.6 Å². The van der Waals surface area contributed by atoms with Crippen LogP contribution in [-0.4, -0.2) is 0 Å². The SMILES string of the molecule is N#Cc1ccc(Oc2ccccc2CN)cc1Br. The number of nitrogens with two attached hydrogens (primary N) is 1. The van der Waals surface area contributed by atoms with Crippen molar-refractivity contribution in [3.63, 3.8) is 0 Å². The van der Waals surface area contributed by atoms with E-state index in [1.807, 2.05) is 24.3 Å². The third-order valence-corrected chi connectivity index (χ3v) is 3.14. The molecule has 3 nitrogen and oxygen atoms in total. The Balaban J connectivity index is 2.29. The first-order valence-electron chi connectivity index (χ1n) is 5.40. The minimum Gasteiger partial charge on any atom is -0.457 e. The van der Waals surface area contributed by atoms with Crippen molar-refractivity contribution >= 4 is 15.9 Å². The standard InChI is InChI=1S/C14H11BrN2O/c15-13-7-12(6-5-10(13)8-16)18-14-4-2-1-3-11(14)9-17/h1-7H,9,17H2. The van der Waals surface area contributed by atoms with Crippen molar-refractivity contribution < 1.29 is 4.74 Å². The first kappa shape index (κ1) is 12.6. The number of benzene rings is 2. The van der Waals surface area contributed by atoms with Crippen molar-refractivity contribution in [2.24, 2.45) is 5.73 Å². The topological polar surface area (TPSA) is 59.0 Å². The molecule has 0 bridgehead atoms. The molecular weight excluding hydrogens is 292 g/mol. The molecule has 18 heavy (non-hydrogen) atoms. The molecule has 0 atom stereocenters. The zero-order chi connectivity index (χ0) is 13.0. The molecular formula is C14H11BrN2O. The van der Waals surface area contributed by atoms with E-state index in [0.29, 0.717) is 22.3 Å². The number of hydrogen-bond acceptors (Lipinski definition) is 3. The van der Waals surface area contributed by atoms with Crippen LogP contribution in [0.5, 0.6) is 11.5 Å². The molecule has 0 aliphatic heterocycles. The van der Waals surface area contributed by atoms with Crippen molar-refractivity contribution in [3.05, 3.63) is 58.1 Å². The van der Waals surface area contributed by atoms with E-state index in [9.17, 15) is 0 Å². The molecule has 0 amide bonds. The van der Waals surface area contributed by atoms with Gasteiger partial charge in [-0.2, -0.15) is 5.26 Å². The van der Waals surface area contributed by atoms with Gasteiger partial charge in [0.2, 0.25) is 0 Å². The Morgan fingerprint density at radius 3 is 2.67 bits per heavy atom. The minimum atomic E-state index is 0.424. The molecule has 2 N–H and O–H groups in total. The highest BCUT2D eigenvalue weighted by molar-refractivity contribution is 9.10. The van der Waals surface area contributed by atoms with Crippen LogP contribution >= 0.6 is 15.9 Å². The molecule has 0 saturated carbocycles. The lowest BCUT2D eigenvalue weighted by Gasteiger charge is -2.10. The summed E-state index contributed by atoms with van der Waals surface area (Å²) in [6.45, 7) is 0.424. The van der Waals surface area contributed by atoms with E-state index < -0.39 is 0 Å². The summed E-state index contributed by atoms with van der Waals surface area (Å²) >= 11 is 3.33. The summed E-state index contributed by atoms with van der Waals surface area (Å²) in [6, 6.07) is 14.9. The number of halogens is 1. The van der Waals surface area contributed by atoms with Gasteiger partial charge in [0.05, 0.1) is 5.56 Å². The summed E-state index contributed by atoms with van der Waals surface area (Å²) in [5, 5.41) is 8.84. The van der Waals surface area contributed by atoms with Crippen molar-refractivity contribution in [1.82, 2.24) is 0 Å². The molecule has 2 aromatic rings. The fourth-order valence-electron chi connectivity index (χ4n) is 1.55. The zero-order valence-corrected chi connectivity index (χ0v) is 11.1. The van der Waals surface area contributed by atoms with E-state index in [1.165, 1.54) is 0 Å². The van der Waals surface area contributed by atoms with Gasteiger partial charge in [0.25, 0.3) is 0 Å². The Bertz CT molecular complexity index is 605. The molecule has 90 valence electrons. The molecule has 2 aromatic carbocycles. The van der Waals surface area contributed by atoms with Crippen LogP contribution in [0.2, 0.25) is 0 Å². The monoisotopic (exact) mass is 302 g/mol. The summed E-state index contributed by atoms with van der Waals surface area (Å²) in [5.74, 6) is 1.40. The summed E-state index contributed by atoms with van der Waals surface area (Å²) in [6.07, 6.45) is 0. The number of para-hydroxylation sites is 1. The summed E-state index contributed by atoms with van der Waals surface area (Å²) in [4.78, 5) is 0. The molecule has 0 spiro atoms. The van der Waals surface area contributed by atoms with Gasteiger partial charge in [-0.05, 0) is 40.2 Å². The zero-order valence-electron chi connectivity index (χ0n) is 9.56. The number of hydrogen-bond donors (Lipinski definition) is 1. The van der Waals surface area contributed by atoms with E-state index in [0.717, 1.165) is 11.3 Å². The predicted molar refractivity (Wildman–Crippen MR) is 73.3 cm³/mol. The van der Waals surface area contributed by atoms with Crippen LogP contribution in [0.1, 0.15) is 11.1 Å². The van der Waals surface area contributed by atoms with Crippen LogP contribution in [-0.2, 0) is 6.54 Å². The molecule has 0 fully saturated rings. The van der Waals surface area contributed by atoms with E-state index in [1.54, 1.807) is 18.2 Å². The lowest BCUT2D eigenvalue weighted by atomic mass is 10.2. The van der Waals surface area contributed by atoms with Crippen molar-refractivity contribution in [1.29, 1.82) is 5.26 Å². The minimum absolute atomic E-state index is 0.424. The Hall–Kier alpha value is -1.83. The van der Waals surface area contributed by atoms with Crippen LogP contribution < -0.4 is 10.5 Å². The molecule has 0 heterocycles. The van der Waals surface area contributed by atoms with Gasteiger partial charge in [0.15, 0.2) is 0 Å². The number of nitrogens with zero attached hydrogens (tertiary/aromatic N) is 1. The average molecular weight is 303 g/mol. The molecule has 0 saturated heterocycles. The van der Waals surface area contributed by atoms with Gasteiger partial charge in [-0.25, -0.2) is 0 Å². The molecule has 2 rings (SSSR count). The van der Waals surface area contributed by atoms with Crippen molar-refractivity contribution in [2.45, 2.75) is 6.54 Å². The molecule has 0 aromatic heterocycles. The largest absolute Gasteiger partial charge is 0.457 e. The number of rotatable bonds is 3. The lowest BCUT2D eigenvalue weighted by molar-refractivity contribution is 0.476. The molecule has 4 heteroatoms. The Morgan fingerprint density at radius 2 is 2.00 bits per heavy atom. The maximum Gasteiger partial charge on any atom is 0.131 e. The van der Waals surface area contributed by atoms with Gasteiger partial charge in [0, 0.05) is 16.6 Å². The Kier molecular flexibility index (Phi) is 3.98. The predicted octanol–water partition coefficient (Wildman–Crippen LogP) is 3.57. The van der Waals surface area contributed by atoms with Crippen LogP contribution in [0, 0.1) is 11.3 Å². The van der Waals surface area contributed by atoms with E-state index in [2.05, 4.69) is 22.0 Å². The lowest BCUT2D eigenvalue weighted by Crippen LogP contribution is -1.99. The highest BCUT2D eigenvalue weighted by Gasteiger charge is 2.05. The summed E-state index contributed by atoms with van der Waals surface area (Å²) in [7, 11) is 0. The fourth-order valence-corrected chi connectivity index (χ4v) is 2.00.